The quantitative estimate of drug-likeness (QED) is 0.162. The van der Waals surface area contributed by atoms with Gasteiger partial charge in [-0.1, -0.05) is 6.07 Å². The number of rotatable bonds is 13. The summed E-state index contributed by atoms with van der Waals surface area (Å²) < 4.78 is 21.9. The second kappa shape index (κ2) is 17.6. The number of methoxy groups -OCH3 is 1. The number of anilines is 4. The first-order valence-electron chi connectivity index (χ1n) is 22.1. The molecule has 4 saturated heterocycles. The number of carbonyl (C=O) groups is 5. The molecule has 63 heavy (non-hydrogen) atoms. The fourth-order valence-electron chi connectivity index (χ4n) is 9.73. The zero-order valence-electron chi connectivity index (χ0n) is 35.9. The van der Waals surface area contributed by atoms with Gasteiger partial charge in [-0.05, 0) is 83.0 Å². The van der Waals surface area contributed by atoms with Gasteiger partial charge < -0.3 is 34.6 Å². The average molecular weight is 864 g/mol. The molecule has 0 aliphatic carbocycles. The number of carbonyl (C=O) groups excluding carboxylic acids is 5. The van der Waals surface area contributed by atoms with E-state index >= 15 is 0 Å². The predicted octanol–water partition coefficient (Wildman–Crippen LogP) is 4.23. The maximum atomic E-state index is 14.6. The largest absolute Gasteiger partial charge is 0.378 e. The Morgan fingerprint density at radius 2 is 1.78 bits per heavy atom. The summed E-state index contributed by atoms with van der Waals surface area (Å²) in [7, 11) is 1.53. The highest BCUT2D eigenvalue weighted by atomic mass is 19.1. The third-order valence-corrected chi connectivity index (χ3v) is 13.2. The van der Waals surface area contributed by atoms with Gasteiger partial charge in [0.2, 0.25) is 17.8 Å². The Kier molecular flexibility index (Phi) is 11.8. The van der Waals surface area contributed by atoms with Crippen molar-refractivity contribution < 1.29 is 33.1 Å². The molecule has 9 rings (SSSR count). The second-order valence-corrected chi connectivity index (χ2v) is 17.7. The van der Waals surface area contributed by atoms with E-state index in [1.807, 2.05) is 23.2 Å². The van der Waals surface area contributed by atoms with Gasteiger partial charge in [0, 0.05) is 88.4 Å². The molecule has 18 heteroatoms. The number of aromatic nitrogens is 4. The Bertz CT molecular complexity index is 2430. The molecule has 4 fully saturated rings. The third kappa shape index (κ3) is 8.45. The standard InChI is InChI=1S/C45H54FN11O6/c1-26(2)56-24-31(30-21-48-38(20-35(30)56)50-37-11-15-47-45(51-37)54-19-14-36(63-3)32(46)25-54)41(59)49-28-12-17-53(18-13-28)16-5-6-27-22-55(23-27)33-8-4-7-29-40(33)44(62)57(43(29)61)34-9-10-39(58)52-42(34)60/h4,7-8,11,15,20-21,24,26-28,32,34,36H,5-6,9-10,12-14,16-19,22-23,25H2,1-3H3,(H,49,59)(H,52,58,60)(H,47,48,50,51)/t32-,34?,36+/m1/s1. The monoisotopic (exact) mass is 863 g/mol. The number of pyridine rings is 1. The number of piperidine rings is 3. The van der Waals surface area contributed by atoms with Crippen molar-refractivity contribution in [3.8, 4) is 0 Å². The molecule has 4 aromatic rings. The van der Waals surface area contributed by atoms with Crippen LogP contribution in [0.1, 0.15) is 95.9 Å². The van der Waals surface area contributed by atoms with Crippen LogP contribution in [0.15, 0.2) is 48.9 Å². The first kappa shape index (κ1) is 42.3. The van der Waals surface area contributed by atoms with Crippen molar-refractivity contribution in [1.82, 2.24) is 40.0 Å². The summed E-state index contributed by atoms with van der Waals surface area (Å²) in [6, 6.07) is 8.11. The zero-order chi connectivity index (χ0) is 43.9. The van der Waals surface area contributed by atoms with Gasteiger partial charge in [-0.25, -0.2) is 14.4 Å². The molecule has 5 aliphatic heterocycles. The molecule has 3 N–H and O–H groups in total. The van der Waals surface area contributed by atoms with Crippen LogP contribution in [-0.4, -0.2) is 136 Å². The van der Waals surface area contributed by atoms with E-state index in [0.29, 0.717) is 53.2 Å². The Morgan fingerprint density at radius 3 is 2.52 bits per heavy atom. The maximum absolute atomic E-state index is 14.6. The van der Waals surface area contributed by atoms with Gasteiger partial charge >= 0.3 is 0 Å². The van der Waals surface area contributed by atoms with E-state index in [1.165, 1.54) is 7.11 Å². The van der Waals surface area contributed by atoms with Crippen molar-refractivity contribution >= 4 is 63.7 Å². The van der Waals surface area contributed by atoms with Crippen LogP contribution in [0.4, 0.5) is 27.7 Å². The smallest absolute Gasteiger partial charge is 0.264 e. The highest BCUT2D eigenvalue weighted by Crippen LogP contribution is 2.38. The van der Waals surface area contributed by atoms with Crippen LogP contribution < -0.4 is 25.8 Å². The molecule has 1 unspecified atom stereocenters. The van der Waals surface area contributed by atoms with Gasteiger partial charge in [-0.2, -0.15) is 4.98 Å². The lowest BCUT2D eigenvalue weighted by Crippen LogP contribution is -2.54. The summed E-state index contributed by atoms with van der Waals surface area (Å²) >= 11 is 0. The van der Waals surface area contributed by atoms with Crippen LogP contribution in [0, 0.1) is 5.92 Å². The van der Waals surface area contributed by atoms with Crippen molar-refractivity contribution in [3.05, 3.63) is 65.6 Å². The van der Waals surface area contributed by atoms with Crippen LogP contribution in [0.3, 0.4) is 0 Å². The minimum atomic E-state index is -1.12. The van der Waals surface area contributed by atoms with E-state index in [4.69, 9.17) is 4.74 Å². The molecule has 3 atom stereocenters. The van der Waals surface area contributed by atoms with E-state index in [2.05, 4.69) is 59.1 Å². The van der Waals surface area contributed by atoms with E-state index in [9.17, 15) is 28.4 Å². The highest BCUT2D eigenvalue weighted by Gasteiger charge is 2.47. The van der Waals surface area contributed by atoms with Gasteiger partial charge in [0.25, 0.3) is 17.7 Å². The number of nitrogens with one attached hydrogen (secondary N) is 3. The van der Waals surface area contributed by atoms with Gasteiger partial charge in [0.1, 0.15) is 23.8 Å². The molecule has 0 radical (unpaired) electrons. The van der Waals surface area contributed by atoms with E-state index < -0.39 is 41.9 Å². The first-order valence-corrected chi connectivity index (χ1v) is 22.1. The summed E-state index contributed by atoms with van der Waals surface area (Å²) in [4.78, 5) is 85.9. The molecule has 0 spiro atoms. The molecule has 332 valence electrons. The molecule has 5 aliphatic rings. The number of benzene rings is 1. The van der Waals surface area contributed by atoms with Crippen molar-refractivity contribution in [1.29, 1.82) is 0 Å². The van der Waals surface area contributed by atoms with Crippen molar-refractivity contribution in [3.63, 3.8) is 0 Å². The molecule has 3 aromatic heterocycles. The normalized spacial score (nSPS) is 22.5. The number of likely N-dealkylation sites (tertiary alicyclic amines) is 1. The predicted molar refractivity (Wildman–Crippen MR) is 233 cm³/mol. The van der Waals surface area contributed by atoms with Crippen LogP contribution in [0.25, 0.3) is 10.9 Å². The highest BCUT2D eigenvalue weighted by molar-refractivity contribution is 6.25. The van der Waals surface area contributed by atoms with E-state index in [-0.39, 0.29) is 37.4 Å². The van der Waals surface area contributed by atoms with Crippen molar-refractivity contribution in [2.24, 2.45) is 5.92 Å². The lowest BCUT2D eigenvalue weighted by atomic mass is 9.92. The molecule has 5 amide bonds. The second-order valence-electron chi connectivity index (χ2n) is 17.7. The topological polar surface area (TPSA) is 187 Å². The Balaban J connectivity index is 0.742. The van der Waals surface area contributed by atoms with Crippen LogP contribution in [-0.2, 0) is 14.3 Å². The lowest BCUT2D eigenvalue weighted by molar-refractivity contribution is -0.136. The van der Waals surface area contributed by atoms with E-state index in [1.54, 1.807) is 30.6 Å². The fraction of sp³-hybridized carbons (Fsp3) is 0.511. The SMILES string of the molecule is CO[C@H]1CCN(c2nccc(Nc3cc4c(cn3)c(C(=O)NC3CCN(CCCC5CN(c6cccc7c6C(=O)N(C6CCC(=O)NC6=O)C7=O)C5)CC3)cn4C(C)C)n2)C[C@H]1F. The molecular weight excluding hydrogens is 810 g/mol. The number of ether oxygens (including phenoxy) is 1. The maximum Gasteiger partial charge on any atom is 0.264 e. The number of alkyl halides is 1. The lowest BCUT2D eigenvalue weighted by Gasteiger charge is -2.42. The number of halogens is 1. The van der Waals surface area contributed by atoms with Crippen LogP contribution in [0.2, 0.25) is 0 Å². The average Bonchev–Trinajstić information content (AvgIpc) is 3.76. The van der Waals surface area contributed by atoms with E-state index in [0.717, 1.165) is 79.9 Å². The summed E-state index contributed by atoms with van der Waals surface area (Å²) in [5, 5.41) is 9.59. The van der Waals surface area contributed by atoms with Crippen LogP contribution >= 0.6 is 0 Å². The number of imide groups is 2. The molecule has 17 nitrogen and oxygen atoms in total. The summed E-state index contributed by atoms with van der Waals surface area (Å²) in [5.41, 5.74) is 2.82. The Morgan fingerprint density at radius 1 is 0.968 bits per heavy atom. The molecule has 1 aromatic carbocycles. The number of hydrogen-bond donors (Lipinski definition) is 3. The molecule has 0 bridgehead atoms. The number of nitrogens with zero attached hydrogens (tertiary/aromatic N) is 8. The van der Waals surface area contributed by atoms with Gasteiger partial charge in [-0.15, -0.1) is 0 Å². The zero-order valence-corrected chi connectivity index (χ0v) is 35.9. The van der Waals surface area contributed by atoms with Gasteiger partial charge in [0.15, 0.2) is 0 Å². The Labute approximate surface area is 364 Å². The van der Waals surface area contributed by atoms with Gasteiger partial charge in [-0.3, -0.25) is 34.2 Å². The van der Waals surface area contributed by atoms with Crippen LogP contribution in [0.5, 0.6) is 0 Å². The fourth-order valence-corrected chi connectivity index (χ4v) is 9.73. The minimum Gasteiger partial charge on any atom is -0.378 e. The number of amides is 5. The number of fused-ring (bicyclic) bond motifs is 2. The molecular formula is C45H54FN11O6. The van der Waals surface area contributed by atoms with Crippen molar-refractivity contribution in [2.75, 3.05) is 68.0 Å². The first-order chi connectivity index (χ1) is 30.4. The van der Waals surface area contributed by atoms with Crippen molar-refractivity contribution in [2.45, 2.75) is 89.2 Å². The third-order valence-electron chi connectivity index (χ3n) is 13.2. The molecule has 0 saturated carbocycles. The molecule has 8 heterocycles. The number of hydrogen-bond acceptors (Lipinski definition) is 13. The summed E-state index contributed by atoms with van der Waals surface area (Å²) in [5.74, 6) is -0.0881. The summed E-state index contributed by atoms with van der Waals surface area (Å²) in [6.45, 7) is 9.23. The summed E-state index contributed by atoms with van der Waals surface area (Å²) in [6.07, 6.45) is 8.28. The van der Waals surface area contributed by atoms with Gasteiger partial charge in [0.05, 0.1) is 40.5 Å². The minimum absolute atomic E-state index is 0.0633. The Hall–Kier alpha value is -6.01.